The Balaban J connectivity index is 2.09. The molecule has 0 bridgehead atoms. The number of benzene rings is 1. The zero-order chi connectivity index (χ0) is 13.9. The van der Waals surface area contributed by atoms with Crippen LogP contribution in [-0.2, 0) is 15.8 Å². The fourth-order valence-electron chi connectivity index (χ4n) is 2.36. The van der Waals surface area contributed by atoms with Crippen LogP contribution in [-0.4, -0.2) is 38.9 Å². The maximum absolute atomic E-state index is 13.1. The van der Waals surface area contributed by atoms with E-state index in [2.05, 4.69) is 5.32 Å². The molecule has 0 radical (unpaired) electrons. The number of halogens is 1. The molecular weight excluding hydrogens is 267 g/mol. The van der Waals surface area contributed by atoms with Crippen molar-refractivity contribution in [2.45, 2.75) is 24.6 Å². The van der Waals surface area contributed by atoms with Crippen LogP contribution in [0.5, 0.6) is 0 Å². The van der Waals surface area contributed by atoms with E-state index in [-0.39, 0.29) is 11.8 Å². The van der Waals surface area contributed by atoms with E-state index in [0.29, 0.717) is 18.7 Å². The van der Waals surface area contributed by atoms with Crippen molar-refractivity contribution in [2.75, 3.05) is 20.1 Å². The monoisotopic (exact) mass is 286 g/mol. The van der Waals surface area contributed by atoms with Gasteiger partial charge in [-0.15, -0.1) is 0 Å². The molecule has 1 unspecified atom stereocenters. The highest BCUT2D eigenvalue weighted by Crippen LogP contribution is 2.17. The van der Waals surface area contributed by atoms with Crippen molar-refractivity contribution in [2.24, 2.45) is 0 Å². The van der Waals surface area contributed by atoms with Crippen molar-refractivity contribution < 1.29 is 12.8 Å². The van der Waals surface area contributed by atoms with Crippen molar-refractivity contribution in [3.63, 3.8) is 0 Å². The smallest absolute Gasteiger partial charge is 0.218 e. The summed E-state index contributed by atoms with van der Waals surface area (Å²) in [6.45, 7) is 1.05. The number of hydrogen-bond donors (Lipinski definition) is 1. The number of nitrogens with one attached hydrogen (secondary N) is 1. The first-order chi connectivity index (χ1) is 9.01. The SMILES string of the molecule is CNC1CCCN(S(=O)(=O)Cc2cccc(F)c2)C1. The predicted octanol–water partition coefficient (Wildman–Crippen LogP) is 1.34. The number of nitrogens with zero attached hydrogens (tertiary/aromatic N) is 1. The summed E-state index contributed by atoms with van der Waals surface area (Å²) in [5.41, 5.74) is 0.492. The molecule has 6 heteroatoms. The van der Waals surface area contributed by atoms with Crippen LogP contribution in [0, 0.1) is 5.82 Å². The molecular formula is C13H19FN2O2S. The summed E-state index contributed by atoms with van der Waals surface area (Å²) >= 11 is 0. The molecule has 0 aliphatic carbocycles. The average Bonchev–Trinajstić information content (AvgIpc) is 2.38. The topological polar surface area (TPSA) is 49.4 Å². The molecule has 0 saturated carbocycles. The molecule has 0 aromatic heterocycles. The number of hydrogen-bond acceptors (Lipinski definition) is 3. The van der Waals surface area contributed by atoms with Crippen molar-refractivity contribution in [1.29, 1.82) is 0 Å². The molecule has 19 heavy (non-hydrogen) atoms. The van der Waals surface area contributed by atoms with Gasteiger partial charge in [-0.1, -0.05) is 12.1 Å². The Bertz CT molecular complexity index is 533. The number of piperidine rings is 1. The summed E-state index contributed by atoms with van der Waals surface area (Å²) in [6, 6.07) is 5.97. The van der Waals surface area contributed by atoms with Crippen molar-refractivity contribution in [1.82, 2.24) is 9.62 Å². The first kappa shape index (κ1) is 14.4. The Labute approximate surface area is 113 Å². The van der Waals surface area contributed by atoms with Crippen LogP contribution < -0.4 is 5.32 Å². The van der Waals surface area contributed by atoms with Gasteiger partial charge in [0.15, 0.2) is 0 Å². The normalized spacial score (nSPS) is 21.5. The van der Waals surface area contributed by atoms with E-state index in [1.807, 2.05) is 7.05 Å². The lowest BCUT2D eigenvalue weighted by atomic mass is 10.1. The quantitative estimate of drug-likeness (QED) is 0.908. The van der Waals surface area contributed by atoms with Gasteiger partial charge in [-0.3, -0.25) is 0 Å². The molecule has 1 aromatic carbocycles. The first-order valence-corrected chi connectivity index (χ1v) is 8.02. The standard InChI is InChI=1S/C13H19FN2O2S/c1-15-13-6-3-7-16(9-13)19(17,18)10-11-4-2-5-12(14)8-11/h2,4-5,8,13,15H,3,6-7,9-10H2,1H3. The summed E-state index contributed by atoms with van der Waals surface area (Å²) in [5.74, 6) is -0.541. The third kappa shape index (κ3) is 3.75. The van der Waals surface area contributed by atoms with Crippen LogP contribution in [0.3, 0.4) is 0 Å². The summed E-state index contributed by atoms with van der Waals surface area (Å²) in [5, 5.41) is 3.11. The maximum Gasteiger partial charge on any atom is 0.218 e. The van der Waals surface area contributed by atoms with Gasteiger partial charge in [0.2, 0.25) is 10.0 Å². The van der Waals surface area contributed by atoms with Gasteiger partial charge in [-0.25, -0.2) is 17.1 Å². The van der Waals surface area contributed by atoms with Gasteiger partial charge in [0.05, 0.1) is 5.75 Å². The first-order valence-electron chi connectivity index (χ1n) is 6.41. The molecule has 1 heterocycles. The Kier molecular flexibility index (Phi) is 4.54. The fraction of sp³-hybridized carbons (Fsp3) is 0.538. The van der Waals surface area contributed by atoms with Gasteiger partial charge in [-0.2, -0.15) is 0 Å². The third-order valence-electron chi connectivity index (χ3n) is 3.42. The predicted molar refractivity (Wildman–Crippen MR) is 72.7 cm³/mol. The van der Waals surface area contributed by atoms with Crippen LogP contribution in [0.25, 0.3) is 0 Å². The van der Waals surface area contributed by atoms with E-state index in [9.17, 15) is 12.8 Å². The van der Waals surface area contributed by atoms with Crippen LogP contribution >= 0.6 is 0 Å². The largest absolute Gasteiger partial charge is 0.316 e. The summed E-state index contributed by atoms with van der Waals surface area (Å²) in [6.07, 6.45) is 1.84. The minimum Gasteiger partial charge on any atom is -0.316 e. The highest BCUT2D eigenvalue weighted by molar-refractivity contribution is 7.88. The lowest BCUT2D eigenvalue weighted by molar-refractivity contribution is 0.292. The van der Waals surface area contributed by atoms with E-state index < -0.39 is 15.8 Å². The molecule has 2 rings (SSSR count). The Morgan fingerprint density at radius 3 is 2.95 bits per heavy atom. The van der Waals surface area contributed by atoms with Crippen molar-refractivity contribution in [3.8, 4) is 0 Å². The fourth-order valence-corrected chi connectivity index (χ4v) is 3.96. The minimum absolute atomic E-state index is 0.138. The molecule has 1 aliphatic heterocycles. The summed E-state index contributed by atoms with van der Waals surface area (Å²) in [7, 11) is -1.53. The molecule has 4 nitrogen and oxygen atoms in total. The van der Waals surface area contributed by atoms with Gasteiger partial charge >= 0.3 is 0 Å². The molecule has 0 spiro atoms. The molecule has 1 aromatic rings. The van der Waals surface area contributed by atoms with Crippen LogP contribution in [0.2, 0.25) is 0 Å². The summed E-state index contributed by atoms with van der Waals surface area (Å²) in [4.78, 5) is 0. The second kappa shape index (κ2) is 5.98. The Morgan fingerprint density at radius 1 is 1.47 bits per heavy atom. The van der Waals surface area contributed by atoms with Gasteiger partial charge in [-0.05, 0) is 37.6 Å². The average molecular weight is 286 g/mol. The van der Waals surface area contributed by atoms with E-state index in [1.54, 1.807) is 6.07 Å². The molecule has 0 amide bonds. The third-order valence-corrected chi connectivity index (χ3v) is 5.24. The lowest BCUT2D eigenvalue weighted by Crippen LogP contribution is -2.47. The van der Waals surface area contributed by atoms with Gasteiger partial charge < -0.3 is 5.32 Å². The van der Waals surface area contributed by atoms with E-state index in [1.165, 1.54) is 22.5 Å². The highest BCUT2D eigenvalue weighted by atomic mass is 32.2. The lowest BCUT2D eigenvalue weighted by Gasteiger charge is -2.31. The maximum atomic E-state index is 13.1. The van der Waals surface area contributed by atoms with E-state index in [4.69, 9.17) is 0 Å². The Hall–Kier alpha value is -0.980. The number of sulfonamides is 1. The summed E-state index contributed by atoms with van der Waals surface area (Å²) < 4.78 is 39.2. The second-order valence-electron chi connectivity index (χ2n) is 4.87. The van der Waals surface area contributed by atoms with Crippen molar-refractivity contribution >= 4 is 10.0 Å². The van der Waals surface area contributed by atoms with E-state index >= 15 is 0 Å². The minimum atomic E-state index is -3.37. The second-order valence-corrected chi connectivity index (χ2v) is 6.84. The molecule has 1 fully saturated rings. The van der Waals surface area contributed by atoms with Crippen molar-refractivity contribution in [3.05, 3.63) is 35.6 Å². The Morgan fingerprint density at radius 2 is 2.26 bits per heavy atom. The van der Waals surface area contributed by atoms with Crippen LogP contribution in [0.4, 0.5) is 4.39 Å². The molecule has 1 atom stereocenters. The van der Waals surface area contributed by atoms with Crippen LogP contribution in [0.15, 0.2) is 24.3 Å². The van der Waals surface area contributed by atoms with Gasteiger partial charge in [0.25, 0.3) is 0 Å². The van der Waals surface area contributed by atoms with Gasteiger partial charge in [0, 0.05) is 19.1 Å². The zero-order valence-electron chi connectivity index (χ0n) is 11.0. The molecule has 106 valence electrons. The van der Waals surface area contributed by atoms with Gasteiger partial charge in [0.1, 0.15) is 5.82 Å². The molecule has 1 N–H and O–H groups in total. The number of likely N-dealkylation sites (N-methyl/N-ethyl adjacent to an activating group) is 1. The van der Waals surface area contributed by atoms with Crippen LogP contribution in [0.1, 0.15) is 18.4 Å². The van der Waals surface area contributed by atoms with E-state index in [0.717, 1.165) is 12.8 Å². The highest BCUT2D eigenvalue weighted by Gasteiger charge is 2.28. The molecule has 1 saturated heterocycles. The molecule has 1 aliphatic rings. The zero-order valence-corrected chi connectivity index (χ0v) is 11.8. The number of rotatable bonds is 4.